The van der Waals surface area contributed by atoms with Gasteiger partial charge in [-0.3, -0.25) is 4.79 Å². The Hall–Kier alpha value is -1.76. The molecule has 7 heteroatoms. The van der Waals surface area contributed by atoms with Gasteiger partial charge in [-0.15, -0.1) is 13.2 Å². The van der Waals surface area contributed by atoms with E-state index in [0.29, 0.717) is 11.7 Å². The zero-order chi connectivity index (χ0) is 14.5. The summed E-state index contributed by atoms with van der Waals surface area (Å²) in [6.07, 6.45) is -4.71. The number of rotatable bonds is 5. The van der Waals surface area contributed by atoms with Gasteiger partial charge in [-0.1, -0.05) is 0 Å². The number of nitrogens with two attached hydrogens (primary N) is 1. The number of alkyl halides is 3. The smallest absolute Gasteiger partial charge is 0.406 e. The highest BCUT2D eigenvalue weighted by atomic mass is 19.4. The topological polar surface area (TPSA) is 54.9 Å². The highest BCUT2D eigenvalue weighted by molar-refractivity contribution is 5.91. The number of halogens is 3. The summed E-state index contributed by atoms with van der Waals surface area (Å²) < 4.78 is 39.5. The van der Waals surface area contributed by atoms with E-state index in [1.165, 1.54) is 12.1 Å². The number of carbonyl (C=O) groups is 1. The second-order valence-corrected chi connectivity index (χ2v) is 4.30. The van der Waals surface area contributed by atoms with Crippen molar-refractivity contribution in [3.05, 3.63) is 24.3 Å². The zero-order valence-electron chi connectivity index (χ0n) is 10.6. The molecule has 0 radical (unpaired) electrons. The van der Waals surface area contributed by atoms with E-state index in [1.807, 2.05) is 19.2 Å². The number of hydrogen-bond acceptors (Lipinski definition) is 2. The molecule has 4 nitrogen and oxygen atoms in total. The highest BCUT2D eigenvalue weighted by Crippen LogP contribution is 2.23. The number of quaternary nitrogens is 1. The van der Waals surface area contributed by atoms with Gasteiger partial charge in [-0.2, -0.15) is 0 Å². The molecule has 106 valence electrons. The van der Waals surface area contributed by atoms with Gasteiger partial charge in [-0.25, -0.2) is 0 Å². The van der Waals surface area contributed by atoms with Crippen LogP contribution in [0.5, 0.6) is 5.75 Å². The van der Waals surface area contributed by atoms with Gasteiger partial charge in [0.05, 0.1) is 6.04 Å². The maximum Gasteiger partial charge on any atom is 0.573 e. The van der Waals surface area contributed by atoms with Crippen LogP contribution in [-0.2, 0) is 4.79 Å². The molecule has 1 amide bonds. The summed E-state index contributed by atoms with van der Waals surface area (Å²) >= 11 is 0. The Morgan fingerprint density at radius 1 is 1.32 bits per heavy atom. The number of anilines is 1. The summed E-state index contributed by atoms with van der Waals surface area (Å²) in [6.45, 7) is 4.17. The van der Waals surface area contributed by atoms with Crippen LogP contribution < -0.4 is 15.4 Å². The zero-order valence-corrected chi connectivity index (χ0v) is 10.6. The fourth-order valence-electron chi connectivity index (χ4n) is 1.29. The maximum atomic E-state index is 11.9. The molecule has 3 N–H and O–H groups in total. The van der Waals surface area contributed by atoms with Crippen LogP contribution in [-0.4, -0.2) is 24.9 Å². The Balaban J connectivity index is 2.50. The van der Waals surface area contributed by atoms with Crippen LogP contribution in [0.2, 0.25) is 0 Å². The van der Waals surface area contributed by atoms with Crippen LogP contribution >= 0.6 is 0 Å². The van der Waals surface area contributed by atoms with Crippen molar-refractivity contribution in [2.75, 3.05) is 11.9 Å². The Kier molecular flexibility index (Phi) is 5.17. The van der Waals surface area contributed by atoms with Crippen LogP contribution in [0.4, 0.5) is 18.9 Å². The predicted octanol–water partition coefficient (Wildman–Crippen LogP) is 1.50. The first-order chi connectivity index (χ1) is 8.76. The minimum Gasteiger partial charge on any atom is -0.406 e. The van der Waals surface area contributed by atoms with E-state index in [1.54, 1.807) is 0 Å². The van der Waals surface area contributed by atoms with Gasteiger partial charge in [0, 0.05) is 5.69 Å². The van der Waals surface area contributed by atoms with Crippen LogP contribution in [0.25, 0.3) is 0 Å². The molecule has 0 aliphatic heterocycles. The second kappa shape index (κ2) is 6.42. The van der Waals surface area contributed by atoms with Gasteiger partial charge in [0.1, 0.15) is 5.75 Å². The lowest BCUT2D eigenvalue weighted by Gasteiger charge is -2.10. The van der Waals surface area contributed by atoms with Crippen molar-refractivity contribution in [1.29, 1.82) is 0 Å². The first-order valence-electron chi connectivity index (χ1n) is 5.75. The largest absolute Gasteiger partial charge is 0.573 e. The third-order valence-electron chi connectivity index (χ3n) is 2.15. The molecule has 0 aliphatic rings. The van der Waals surface area contributed by atoms with Gasteiger partial charge >= 0.3 is 6.36 Å². The van der Waals surface area contributed by atoms with Crippen LogP contribution in [0, 0.1) is 0 Å². The van der Waals surface area contributed by atoms with Gasteiger partial charge in [0.2, 0.25) is 0 Å². The number of benzene rings is 1. The number of carbonyl (C=O) groups excluding carboxylic acids is 1. The van der Waals surface area contributed by atoms with E-state index in [9.17, 15) is 18.0 Å². The standard InChI is InChI=1S/C12H15F3N2O2/c1-8(2)16-7-11(18)17-9-3-5-10(6-4-9)19-12(13,14)15/h3-6,8,16H,7H2,1-2H3,(H,17,18)/p+1. The summed E-state index contributed by atoms with van der Waals surface area (Å²) in [5.74, 6) is -0.530. The van der Waals surface area contributed by atoms with Crippen molar-refractivity contribution in [3.63, 3.8) is 0 Å². The summed E-state index contributed by atoms with van der Waals surface area (Å²) in [5, 5.41) is 4.42. The van der Waals surface area contributed by atoms with Gasteiger partial charge in [0.25, 0.3) is 5.91 Å². The second-order valence-electron chi connectivity index (χ2n) is 4.30. The monoisotopic (exact) mass is 277 g/mol. The highest BCUT2D eigenvalue weighted by Gasteiger charge is 2.30. The molecule has 0 heterocycles. The average molecular weight is 277 g/mol. The van der Waals surface area contributed by atoms with Crippen LogP contribution in [0.15, 0.2) is 24.3 Å². The quantitative estimate of drug-likeness (QED) is 0.857. The van der Waals surface area contributed by atoms with Gasteiger partial charge in [-0.05, 0) is 38.1 Å². The molecule has 1 rings (SSSR count). The Morgan fingerprint density at radius 2 is 1.89 bits per heavy atom. The predicted molar refractivity (Wildman–Crippen MR) is 63.7 cm³/mol. The molecule has 0 saturated heterocycles. The first-order valence-corrected chi connectivity index (χ1v) is 5.75. The molecule has 0 spiro atoms. The molecular weight excluding hydrogens is 261 g/mol. The first kappa shape index (κ1) is 15.3. The molecule has 0 fully saturated rings. The van der Waals surface area contributed by atoms with E-state index < -0.39 is 6.36 Å². The summed E-state index contributed by atoms with van der Waals surface area (Å²) in [6, 6.07) is 5.31. The minimum absolute atomic E-state index is 0.210. The normalized spacial score (nSPS) is 11.5. The Morgan fingerprint density at radius 3 is 2.37 bits per heavy atom. The molecule has 0 aliphatic carbocycles. The minimum atomic E-state index is -4.71. The Labute approximate surface area is 108 Å². The molecule has 19 heavy (non-hydrogen) atoms. The Bertz CT molecular complexity index is 416. The lowest BCUT2D eigenvalue weighted by Crippen LogP contribution is -2.90. The fourth-order valence-corrected chi connectivity index (χ4v) is 1.29. The van der Waals surface area contributed by atoms with E-state index in [2.05, 4.69) is 10.1 Å². The number of amides is 1. The maximum absolute atomic E-state index is 11.9. The fraction of sp³-hybridized carbons (Fsp3) is 0.417. The molecule has 0 aromatic heterocycles. The number of hydrogen-bond donors (Lipinski definition) is 2. The van der Waals surface area contributed by atoms with Crippen molar-refractivity contribution in [3.8, 4) is 5.75 Å². The van der Waals surface area contributed by atoms with Gasteiger partial charge in [0.15, 0.2) is 6.54 Å². The van der Waals surface area contributed by atoms with Crippen molar-refractivity contribution >= 4 is 11.6 Å². The molecule has 0 atom stereocenters. The number of ether oxygens (including phenoxy) is 1. The van der Waals surface area contributed by atoms with E-state index >= 15 is 0 Å². The third-order valence-corrected chi connectivity index (χ3v) is 2.15. The van der Waals surface area contributed by atoms with Crippen molar-refractivity contribution in [2.45, 2.75) is 26.3 Å². The summed E-state index contributed by atoms with van der Waals surface area (Å²) in [7, 11) is 0. The van der Waals surface area contributed by atoms with Gasteiger partial charge < -0.3 is 15.4 Å². The van der Waals surface area contributed by atoms with Crippen LogP contribution in [0.1, 0.15) is 13.8 Å². The molecule has 1 aromatic rings. The molecule has 1 aromatic carbocycles. The molecular formula is C12H16F3N2O2+. The van der Waals surface area contributed by atoms with E-state index in [0.717, 1.165) is 12.1 Å². The lowest BCUT2D eigenvalue weighted by atomic mass is 10.3. The lowest BCUT2D eigenvalue weighted by molar-refractivity contribution is -0.672. The molecule has 0 bridgehead atoms. The van der Waals surface area contributed by atoms with E-state index in [-0.39, 0.29) is 18.2 Å². The number of nitrogens with one attached hydrogen (secondary N) is 1. The third kappa shape index (κ3) is 6.66. The van der Waals surface area contributed by atoms with Crippen molar-refractivity contribution in [2.24, 2.45) is 0 Å². The van der Waals surface area contributed by atoms with Crippen LogP contribution in [0.3, 0.4) is 0 Å². The summed E-state index contributed by atoms with van der Waals surface area (Å²) in [5.41, 5.74) is 0.427. The SMILES string of the molecule is CC(C)[NH2+]CC(=O)Nc1ccc(OC(F)(F)F)cc1. The summed E-state index contributed by atoms with van der Waals surface area (Å²) in [4.78, 5) is 11.5. The molecule has 0 saturated carbocycles. The van der Waals surface area contributed by atoms with Crippen molar-refractivity contribution in [1.82, 2.24) is 0 Å². The van der Waals surface area contributed by atoms with Crippen molar-refractivity contribution < 1.29 is 28.0 Å². The average Bonchev–Trinajstić information content (AvgIpc) is 2.27. The molecule has 0 unspecified atom stereocenters. The van der Waals surface area contributed by atoms with E-state index in [4.69, 9.17) is 0 Å².